The maximum Gasteiger partial charge on any atom is 0.258 e. The van der Waals surface area contributed by atoms with E-state index in [1.165, 1.54) is 0 Å². The Hall–Kier alpha value is -1.72. The van der Waals surface area contributed by atoms with Gasteiger partial charge in [0.15, 0.2) is 0 Å². The van der Waals surface area contributed by atoms with Gasteiger partial charge in [-0.25, -0.2) is 4.98 Å². The molecule has 1 atom stereocenters. The van der Waals surface area contributed by atoms with Crippen molar-refractivity contribution in [2.45, 2.75) is 25.9 Å². The Balaban J connectivity index is 1.94. The minimum Gasteiger partial charge on any atom is -0.326 e. The first-order valence-electron chi connectivity index (χ1n) is 6.59. The topological polar surface area (TPSA) is 63.6 Å². The van der Waals surface area contributed by atoms with Gasteiger partial charge in [0, 0.05) is 37.9 Å². The fourth-order valence-corrected chi connectivity index (χ4v) is 2.57. The number of aromatic nitrogens is 2. The number of nitrogens with zero attached hydrogens (tertiary/aromatic N) is 3. The van der Waals surface area contributed by atoms with E-state index in [4.69, 9.17) is 5.73 Å². The molecule has 3 rings (SSSR count). The molecule has 0 radical (unpaired) electrons. The zero-order valence-corrected chi connectivity index (χ0v) is 11.0. The van der Waals surface area contributed by atoms with Crippen molar-refractivity contribution in [2.24, 2.45) is 5.73 Å². The standard InChI is InChI=1S/C14H18N4O/c1-10-2-5-18-13(6-10)16-12(7-14(18)19)9-17-4-3-11(15)8-17/h2,5-7,11H,3-4,8-9,15H2,1H3/t11-/m1/s1. The average molecular weight is 258 g/mol. The molecule has 1 saturated heterocycles. The van der Waals surface area contributed by atoms with E-state index in [1.54, 1.807) is 16.7 Å². The second kappa shape index (κ2) is 4.75. The largest absolute Gasteiger partial charge is 0.326 e. The van der Waals surface area contributed by atoms with Gasteiger partial charge in [-0.15, -0.1) is 0 Å². The molecule has 5 nitrogen and oxygen atoms in total. The van der Waals surface area contributed by atoms with Gasteiger partial charge in [0.2, 0.25) is 0 Å². The van der Waals surface area contributed by atoms with Crippen molar-refractivity contribution in [3.05, 3.63) is 46.0 Å². The van der Waals surface area contributed by atoms with E-state index < -0.39 is 0 Å². The summed E-state index contributed by atoms with van der Waals surface area (Å²) in [5.74, 6) is 0. The van der Waals surface area contributed by atoms with Gasteiger partial charge in [-0.1, -0.05) is 0 Å². The van der Waals surface area contributed by atoms with E-state index in [-0.39, 0.29) is 11.6 Å². The summed E-state index contributed by atoms with van der Waals surface area (Å²) in [6.07, 6.45) is 2.79. The Morgan fingerprint density at radius 3 is 3.05 bits per heavy atom. The summed E-state index contributed by atoms with van der Waals surface area (Å²) in [6.45, 7) is 4.57. The monoisotopic (exact) mass is 258 g/mol. The second-order valence-corrected chi connectivity index (χ2v) is 5.30. The molecule has 0 unspecified atom stereocenters. The quantitative estimate of drug-likeness (QED) is 0.853. The van der Waals surface area contributed by atoms with Gasteiger partial charge in [0.05, 0.1) is 5.69 Å². The van der Waals surface area contributed by atoms with Gasteiger partial charge in [-0.3, -0.25) is 14.1 Å². The molecule has 2 N–H and O–H groups in total. The van der Waals surface area contributed by atoms with Crippen molar-refractivity contribution in [3.63, 3.8) is 0 Å². The Bertz CT molecular complexity index is 664. The molecule has 0 amide bonds. The summed E-state index contributed by atoms with van der Waals surface area (Å²) in [6, 6.07) is 5.71. The maximum absolute atomic E-state index is 12.0. The lowest BCUT2D eigenvalue weighted by atomic mass is 10.3. The predicted molar refractivity (Wildman–Crippen MR) is 74.1 cm³/mol. The van der Waals surface area contributed by atoms with Gasteiger partial charge in [0.25, 0.3) is 5.56 Å². The maximum atomic E-state index is 12.0. The molecule has 0 saturated carbocycles. The van der Waals surface area contributed by atoms with Crippen LogP contribution in [-0.2, 0) is 6.54 Å². The van der Waals surface area contributed by atoms with Crippen LogP contribution < -0.4 is 11.3 Å². The van der Waals surface area contributed by atoms with Crippen molar-refractivity contribution in [1.82, 2.24) is 14.3 Å². The number of pyridine rings is 1. The minimum atomic E-state index is -0.0245. The second-order valence-electron chi connectivity index (χ2n) is 5.30. The summed E-state index contributed by atoms with van der Waals surface area (Å²) in [4.78, 5) is 18.8. The molecule has 2 aromatic heterocycles. The lowest BCUT2D eigenvalue weighted by Crippen LogP contribution is -2.27. The van der Waals surface area contributed by atoms with Gasteiger partial charge in [0.1, 0.15) is 5.65 Å². The molecule has 100 valence electrons. The third kappa shape index (κ3) is 2.52. The smallest absolute Gasteiger partial charge is 0.258 e. The first-order chi connectivity index (χ1) is 9.11. The van der Waals surface area contributed by atoms with Gasteiger partial charge in [-0.05, 0) is 31.0 Å². The van der Waals surface area contributed by atoms with Crippen LogP contribution in [0.25, 0.3) is 5.65 Å². The number of likely N-dealkylation sites (tertiary alicyclic amines) is 1. The number of fused-ring (bicyclic) bond motifs is 1. The van der Waals surface area contributed by atoms with Crippen molar-refractivity contribution in [2.75, 3.05) is 13.1 Å². The van der Waals surface area contributed by atoms with Gasteiger partial charge < -0.3 is 5.73 Å². The van der Waals surface area contributed by atoms with Crippen molar-refractivity contribution in [1.29, 1.82) is 0 Å². The molecule has 2 aromatic rings. The van der Waals surface area contributed by atoms with Crippen molar-refractivity contribution >= 4 is 5.65 Å². The van der Waals surface area contributed by atoms with Crippen LogP contribution in [0.3, 0.4) is 0 Å². The van der Waals surface area contributed by atoms with Gasteiger partial charge in [-0.2, -0.15) is 0 Å². The van der Waals surface area contributed by atoms with E-state index in [9.17, 15) is 4.79 Å². The molecular formula is C14H18N4O. The highest BCUT2D eigenvalue weighted by molar-refractivity contribution is 5.41. The summed E-state index contributed by atoms with van der Waals surface area (Å²) >= 11 is 0. The Morgan fingerprint density at radius 2 is 2.32 bits per heavy atom. The molecule has 0 aliphatic carbocycles. The van der Waals surface area contributed by atoms with E-state index in [0.29, 0.717) is 12.2 Å². The summed E-state index contributed by atoms with van der Waals surface area (Å²) in [5, 5.41) is 0. The lowest BCUT2D eigenvalue weighted by Gasteiger charge is -2.14. The number of rotatable bonds is 2. The van der Waals surface area contributed by atoms with Crippen LogP contribution in [0.1, 0.15) is 17.7 Å². The normalized spacial score (nSPS) is 20.2. The summed E-state index contributed by atoms with van der Waals surface area (Å²) in [7, 11) is 0. The van der Waals surface area contributed by atoms with E-state index >= 15 is 0 Å². The number of nitrogens with two attached hydrogens (primary N) is 1. The van der Waals surface area contributed by atoms with E-state index in [0.717, 1.165) is 30.8 Å². The molecule has 0 aromatic carbocycles. The number of hydrogen-bond donors (Lipinski definition) is 1. The Morgan fingerprint density at radius 1 is 1.47 bits per heavy atom. The third-order valence-corrected chi connectivity index (χ3v) is 3.57. The Labute approximate surface area is 111 Å². The van der Waals surface area contributed by atoms with Crippen LogP contribution in [0.4, 0.5) is 0 Å². The summed E-state index contributed by atoms with van der Waals surface area (Å²) in [5.41, 5.74) is 8.51. The number of aryl methyl sites for hydroxylation is 1. The van der Waals surface area contributed by atoms with Crippen LogP contribution in [0.15, 0.2) is 29.2 Å². The van der Waals surface area contributed by atoms with Crippen molar-refractivity contribution in [3.8, 4) is 0 Å². The first kappa shape index (κ1) is 12.3. The van der Waals surface area contributed by atoms with E-state index in [2.05, 4.69) is 9.88 Å². The first-order valence-corrected chi connectivity index (χ1v) is 6.59. The highest BCUT2D eigenvalue weighted by atomic mass is 16.1. The van der Waals surface area contributed by atoms with Crippen LogP contribution in [-0.4, -0.2) is 33.4 Å². The van der Waals surface area contributed by atoms with Crippen LogP contribution in [0, 0.1) is 6.92 Å². The predicted octanol–water partition coefficient (Wildman–Crippen LogP) is 0.536. The molecule has 19 heavy (non-hydrogen) atoms. The fourth-order valence-electron chi connectivity index (χ4n) is 2.57. The SMILES string of the molecule is Cc1ccn2c(=O)cc(CN3CC[C@@H](N)C3)nc2c1. The third-order valence-electron chi connectivity index (χ3n) is 3.57. The van der Waals surface area contributed by atoms with Crippen LogP contribution in [0.5, 0.6) is 0 Å². The summed E-state index contributed by atoms with van der Waals surface area (Å²) < 4.78 is 1.58. The molecule has 1 aliphatic rings. The average Bonchev–Trinajstić information content (AvgIpc) is 2.74. The highest BCUT2D eigenvalue weighted by Crippen LogP contribution is 2.11. The zero-order chi connectivity index (χ0) is 13.4. The molecule has 5 heteroatoms. The molecule has 3 heterocycles. The van der Waals surface area contributed by atoms with Crippen molar-refractivity contribution < 1.29 is 0 Å². The molecule has 1 fully saturated rings. The fraction of sp³-hybridized carbons (Fsp3) is 0.429. The Kier molecular flexibility index (Phi) is 3.08. The minimum absolute atomic E-state index is 0.0245. The zero-order valence-electron chi connectivity index (χ0n) is 11.0. The highest BCUT2D eigenvalue weighted by Gasteiger charge is 2.19. The van der Waals surface area contributed by atoms with Gasteiger partial charge >= 0.3 is 0 Å². The number of hydrogen-bond acceptors (Lipinski definition) is 4. The van der Waals surface area contributed by atoms with Crippen LogP contribution >= 0.6 is 0 Å². The van der Waals surface area contributed by atoms with Crippen LogP contribution in [0.2, 0.25) is 0 Å². The van der Waals surface area contributed by atoms with E-state index in [1.807, 2.05) is 19.1 Å². The molecule has 1 aliphatic heterocycles. The molecule has 0 bridgehead atoms. The molecule has 0 spiro atoms. The molecular weight excluding hydrogens is 240 g/mol. The lowest BCUT2D eigenvalue weighted by molar-refractivity contribution is 0.323.